The first-order valence-corrected chi connectivity index (χ1v) is 9.99. The van der Waals surface area contributed by atoms with Crippen molar-refractivity contribution in [1.82, 2.24) is 9.97 Å². The quantitative estimate of drug-likeness (QED) is 0.478. The highest BCUT2D eigenvalue weighted by atomic mass is 19.2. The molecule has 0 atom stereocenters. The van der Waals surface area contributed by atoms with Crippen LogP contribution in [0.4, 0.5) is 8.78 Å². The Bertz CT molecular complexity index is 679. The summed E-state index contributed by atoms with van der Waals surface area (Å²) in [5.74, 6) is -0.281. The lowest BCUT2D eigenvalue weighted by molar-refractivity contribution is 0.462. The van der Waals surface area contributed by atoms with E-state index in [1.54, 1.807) is 12.4 Å². The van der Waals surface area contributed by atoms with Crippen molar-refractivity contribution in [2.45, 2.75) is 70.6 Å². The zero-order valence-corrected chi connectivity index (χ0v) is 15.4. The molecule has 1 aliphatic rings. The summed E-state index contributed by atoms with van der Waals surface area (Å²) in [6.45, 7) is 0. The number of halogens is 2. The van der Waals surface area contributed by atoms with E-state index in [0.29, 0.717) is 11.4 Å². The summed E-state index contributed by atoms with van der Waals surface area (Å²) in [7, 11) is 0. The average molecular weight is 358 g/mol. The normalized spacial score (nSPS) is 14.8. The molecule has 0 spiro atoms. The van der Waals surface area contributed by atoms with E-state index >= 15 is 0 Å². The van der Waals surface area contributed by atoms with Crippen molar-refractivity contribution >= 4 is 0 Å². The minimum absolute atomic E-state index is 0.430. The first kappa shape index (κ1) is 18.9. The number of aromatic nitrogens is 2. The summed E-state index contributed by atoms with van der Waals surface area (Å²) in [4.78, 5) is 8.58. The van der Waals surface area contributed by atoms with Crippen molar-refractivity contribution in [2.24, 2.45) is 5.92 Å². The van der Waals surface area contributed by atoms with Gasteiger partial charge in [-0.25, -0.2) is 18.7 Å². The van der Waals surface area contributed by atoms with Crippen molar-refractivity contribution in [3.05, 3.63) is 47.8 Å². The summed E-state index contributed by atoms with van der Waals surface area (Å²) < 4.78 is 26.3. The Morgan fingerprint density at radius 1 is 0.846 bits per heavy atom. The van der Waals surface area contributed by atoms with Gasteiger partial charge in [0.15, 0.2) is 17.5 Å². The average Bonchev–Trinajstić information content (AvgIpc) is 3.17. The van der Waals surface area contributed by atoms with Crippen molar-refractivity contribution in [2.75, 3.05) is 0 Å². The molecule has 0 amide bonds. The van der Waals surface area contributed by atoms with Gasteiger partial charge in [0.05, 0.1) is 0 Å². The van der Waals surface area contributed by atoms with E-state index in [4.69, 9.17) is 0 Å². The maximum atomic E-state index is 13.3. The molecule has 0 bridgehead atoms. The van der Waals surface area contributed by atoms with Gasteiger partial charge < -0.3 is 0 Å². The number of rotatable bonds is 9. The lowest BCUT2D eigenvalue weighted by atomic mass is 9.99. The van der Waals surface area contributed by atoms with Gasteiger partial charge in [-0.1, -0.05) is 57.8 Å². The van der Waals surface area contributed by atoms with Crippen LogP contribution in [0.25, 0.3) is 11.4 Å². The molecule has 1 fully saturated rings. The maximum absolute atomic E-state index is 13.3. The van der Waals surface area contributed by atoms with Crippen LogP contribution in [0.1, 0.15) is 69.8 Å². The second-order valence-electron chi connectivity index (χ2n) is 7.50. The molecule has 1 saturated carbocycles. The predicted molar refractivity (Wildman–Crippen MR) is 101 cm³/mol. The number of hydrogen-bond acceptors (Lipinski definition) is 2. The first-order chi connectivity index (χ1) is 12.7. The number of nitrogens with zero attached hydrogens (tertiary/aromatic N) is 2. The zero-order chi connectivity index (χ0) is 18.2. The van der Waals surface area contributed by atoms with Crippen molar-refractivity contribution < 1.29 is 8.78 Å². The second kappa shape index (κ2) is 9.75. The summed E-state index contributed by atoms with van der Waals surface area (Å²) in [5, 5.41) is 0. The van der Waals surface area contributed by atoms with E-state index in [9.17, 15) is 8.78 Å². The third-order valence-corrected chi connectivity index (χ3v) is 5.44. The molecule has 140 valence electrons. The minimum atomic E-state index is -0.872. The fraction of sp³-hybridized carbons (Fsp3) is 0.545. The minimum Gasteiger partial charge on any atom is -0.236 e. The fourth-order valence-electron chi connectivity index (χ4n) is 3.86. The standard InChI is InChI=1S/C22H28F2N2/c23-20-13-12-19(14-21(20)24)22-25-15-18(16-26-22)11-5-3-1-2-4-8-17-9-6-7-10-17/h12-17H,1-11H2. The third-order valence-electron chi connectivity index (χ3n) is 5.44. The third kappa shape index (κ3) is 5.58. The van der Waals surface area contributed by atoms with Crippen LogP contribution in [-0.2, 0) is 6.42 Å². The molecule has 1 aromatic heterocycles. The Hall–Kier alpha value is -1.84. The number of unbranched alkanes of at least 4 members (excludes halogenated alkanes) is 4. The summed E-state index contributed by atoms with van der Waals surface area (Å²) >= 11 is 0. The number of benzene rings is 1. The van der Waals surface area contributed by atoms with Crippen LogP contribution in [0.3, 0.4) is 0 Å². The molecule has 0 N–H and O–H groups in total. The van der Waals surface area contributed by atoms with Crippen molar-refractivity contribution in [3.8, 4) is 11.4 Å². The van der Waals surface area contributed by atoms with Crippen molar-refractivity contribution in [1.29, 1.82) is 0 Å². The highest BCUT2D eigenvalue weighted by Crippen LogP contribution is 2.29. The van der Waals surface area contributed by atoms with Gasteiger partial charge in [0, 0.05) is 18.0 Å². The molecule has 1 aliphatic carbocycles. The van der Waals surface area contributed by atoms with Crippen molar-refractivity contribution in [3.63, 3.8) is 0 Å². The topological polar surface area (TPSA) is 25.8 Å². The summed E-state index contributed by atoms with van der Waals surface area (Å²) in [6, 6.07) is 3.74. The molecule has 0 unspecified atom stereocenters. The van der Waals surface area contributed by atoms with E-state index < -0.39 is 11.6 Å². The van der Waals surface area contributed by atoms with Gasteiger partial charge in [-0.05, 0) is 42.5 Å². The molecule has 0 aliphatic heterocycles. The van der Waals surface area contributed by atoms with E-state index in [-0.39, 0.29) is 0 Å². The molecule has 3 rings (SSSR count). The van der Waals surface area contributed by atoms with Crippen LogP contribution in [0, 0.1) is 17.6 Å². The van der Waals surface area contributed by atoms with Crippen LogP contribution in [0.5, 0.6) is 0 Å². The van der Waals surface area contributed by atoms with Gasteiger partial charge in [-0.15, -0.1) is 0 Å². The molecular formula is C22H28F2N2. The predicted octanol–water partition coefficient (Wildman–Crippen LogP) is 6.50. The number of hydrogen-bond donors (Lipinski definition) is 0. The van der Waals surface area contributed by atoms with E-state index in [1.165, 1.54) is 63.9 Å². The molecule has 2 nitrogen and oxygen atoms in total. The lowest BCUT2D eigenvalue weighted by Gasteiger charge is -2.08. The molecule has 1 heterocycles. The van der Waals surface area contributed by atoms with E-state index in [2.05, 4.69) is 9.97 Å². The van der Waals surface area contributed by atoms with Gasteiger partial charge in [0.2, 0.25) is 0 Å². The maximum Gasteiger partial charge on any atom is 0.159 e. The second-order valence-corrected chi connectivity index (χ2v) is 7.50. The van der Waals surface area contributed by atoms with Gasteiger partial charge in [-0.2, -0.15) is 0 Å². The van der Waals surface area contributed by atoms with Crippen LogP contribution < -0.4 is 0 Å². The Balaban J connectivity index is 1.34. The summed E-state index contributed by atoms with van der Waals surface area (Å²) in [5.41, 5.74) is 1.60. The highest BCUT2D eigenvalue weighted by molar-refractivity contribution is 5.54. The molecule has 0 saturated heterocycles. The first-order valence-electron chi connectivity index (χ1n) is 9.99. The molecule has 2 aromatic rings. The molecule has 1 aromatic carbocycles. The molecule has 4 heteroatoms. The van der Waals surface area contributed by atoms with Crippen LogP contribution in [0.2, 0.25) is 0 Å². The highest BCUT2D eigenvalue weighted by Gasteiger charge is 2.13. The zero-order valence-electron chi connectivity index (χ0n) is 15.4. The Morgan fingerprint density at radius 3 is 2.27 bits per heavy atom. The Morgan fingerprint density at radius 2 is 1.54 bits per heavy atom. The van der Waals surface area contributed by atoms with E-state index in [0.717, 1.165) is 36.5 Å². The fourth-order valence-corrected chi connectivity index (χ4v) is 3.86. The monoisotopic (exact) mass is 358 g/mol. The van der Waals surface area contributed by atoms with Crippen LogP contribution in [-0.4, -0.2) is 9.97 Å². The molecule has 26 heavy (non-hydrogen) atoms. The number of aryl methyl sites for hydroxylation is 1. The van der Waals surface area contributed by atoms with Gasteiger partial charge in [0.25, 0.3) is 0 Å². The molecular weight excluding hydrogens is 330 g/mol. The molecule has 0 radical (unpaired) electrons. The largest absolute Gasteiger partial charge is 0.236 e. The smallest absolute Gasteiger partial charge is 0.159 e. The summed E-state index contributed by atoms with van der Waals surface area (Å²) in [6.07, 6.45) is 18.2. The lowest BCUT2D eigenvalue weighted by Crippen LogP contribution is -1.95. The van der Waals surface area contributed by atoms with Gasteiger partial charge in [0.1, 0.15) is 0 Å². The SMILES string of the molecule is Fc1ccc(-c2ncc(CCCCCCCC3CCCC3)cn2)cc1F. The van der Waals surface area contributed by atoms with E-state index in [1.807, 2.05) is 0 Å². The van der Waals surface area contributed by atoms with Gasteiger partial charge >= 0.3 is 0 Å². The Labute approximate surface area is 155 Å². The Kier molecular flexibility index (Phi) is 7.10. The van der Waals surface area contributed by atoms with Crippen LogP contribution >= 0.6 is 0 Å². The van der Waals surface area contributed by atoms with Crippen LogP contribution in [0.15, 0.2) is 30.6 Å². The van der Waals surface area contributed by atoms with Gasteiger partial charge in [-0.3, -0.25) is 0 Å².